The minimum absolute atomic E-state index is 0.125. The number of hydrogen-bond donors (Lipinski definition) is 1. The molecule has 90 valence electrons. The third-order valence-electron chi connectivity index (χ3n) is 2.38. The van der Waals surface area contributed by atoms with Crippen LogP contribution in [0, 0.1) is 0 Å². The summed E-state index contributed by atoms with van der Waals surface area (Å²) in [5.74, 6) is -2.87. The van der Waals surface area contributed by atoms with E-state index < -0.39 is 11.5 Å². The Morgan fingerprint density at radius 2 is 1.75 bits per heavy atom. The highest BCUT2D eigenvalue weighted by Crippen LogP contribution is 2.36. The highest BCUT2D eigenvalue weighted by Gasteiger charge is 2.30. The van der Waals surface area contributed by atoms with Gasteiger partial charge in [0.25, 0.3) is 5.92 Å². The van der Waals surface area contributed by atoms with Crippen LogP contribution in [0.4, 0.5) is 8.78 Å². The average Bonchev–Trinajstić information content (AvgIpc) is 2.14. The maximum Gasteiger partial charge on any atom is 0.274 e. The van der Waals surface area contributed by atoms with Crippen LogP contribution in [-0.2, 0) is 11.5 Å². The lowest BCUT2D eigenvalue weighted by molar-refractivity contribution is 0.0143. The second-order valence-corrected chi connectivity index (χ2v) is 4.36. The monoisotopic (exact) mass is 230 g/mol. The summed E-state index contributed by atoms with van der Waals surface area (Å²) in [6.07, 6.45) is 0. The Kier molecular flexibility index (Phi) is 3.24. The summed E-state index contributed by atoms with van der Waals surface area (Å²) in [4.78, 5) is 0. The van der Waals surface area contributed by atoms with E-state index in [2.05, 4.69) is 0 Å². The molecule has 1 aromatic rings. The molecule has 0 aromatic heterocycles. The number of aliphatic hydroxyl groups is 1. The molecular weight excluding hydrogens is 214 g/mol. The number of benzene rings is 1. The number of ether oxygens (including phenoxy) is 1. The van der Waals surface area contributed by atoms with Crippen LogP contribution >= 0.6 is 0 Å². The van der Waals surface area contributed by atoms with Gasteiger partial charge in [-0.05, 0) is 31.5 Å². The van der Waals surface area contributed by atoms with Crippen molar-refractivity contribution in [2.45, 2.75) is 32.3 Å². The van der Waals surface area contributed by atoms with Crippen LogP contribution in [0.25, 0.3) is 0 Å². The van der Waals surface area contributed by atoms with Gasteiger partial charge in [0.15, 0.2) is 0 Å². The minimum atomic E-state index is -2.99. The highest BCUT2D eigenvalue weighted by molar-refractivity contribution is 5.41. The third kappa shape index (κ3) is 2.70. The number of rotatable bonds is 3. The van der Waals surface area contributed by atoms with Crippen LogP contribution in [0.1, 0.15) is 31.9 Å². The first-order chi connectivity index (χ1) is 7.16. The smallest absolute Gasteiger partial charge is 0.274 e. The molecule has 0 saturated carbocycles. The van der Waals surface area contributed by atoms with E-state index in [0.717, 1.165) is 6.92 Å². The van der Waals surface area contributed by atoms with Crippen molar-refractivity contribution in [3.8, 4) is 5.75 Å². The van der Waals surface area contributed by atoms with Crippen molar-refractivity contribution >= 4 is 0 Å². The van der Waals surface area contributed by atoms with Crippen molar-refractivity contribution in [3.63, 3.8) is 0 Å². The molecule has 0 aliphatic heterocycles. The summed E-state index contributed by atoms with van der Waals surface area (Å²) >= 11 is 0. The summed E-state index contributed by atoms with van der Waals surface area (Å²) < 4.78 is 31.5. The normalized spacial score (nSPS) is 12.7. The van der Waals surface area contributed by atoms with E-state index in [-0.39, 0.29) is 11.3 Å². The van der Waals surface area contributed by atoms with E-state index in [1.807, 2.05) is 0 Å². The first-order valence-corrected chi connectivity index (χ1v) is 4.95. The molecule has 0 saturated heterocycles. The lowest BCUT2D eigenvalue weighted by atomic mass is 9.94. The molecule has 0 atom stereocenters. The molecule has 2 nitrogen and oxygen atoms in total. The van der Waals surface area contributed by atoms with E-state index in [0.29, 0.717) is 5.56 Å². The van der Waals surface area contributed by atoms with E-state index in [1.165, 1.54) is 19.2 Å². The van der Waals surface area contributed by atoms with Gasteiger partial charge in [-0.25, -0.2) is 8.78 Å². The standard InChI is InChI=1S/C12H16F2O2/c1-11(2,15)8-5-6-10(16-4)9(7-8)12(3,13)14/h5-7,15H,1-4H3. The van der Waals surface area contributed by atoms with Crippen molar-refractivity contribution in [3.05, 3.63) is 29.3 Å². The molecule has 0 unspecified atom stereocenters. The van der Waals surface area contributed by atoms with Gasteiger partial charge in [-0.15, -0.1) is 0 Å². The van der Waals surface area contributed by atoms with E-state index in [4.69, 9.17) is 4.74 Å². The Balaban J connectivity index is 3.34. The fourth-order valence-corrected chi connectivity index (χ4v) is 1.43. The molecule has 16 heavy (non-hydrogen) atoms. The molecule has 1 aromatic carbocycles. The fraction of sp³-hybridized carbons (Fsp3) is 0.500. The van der Waals surface area contributed by atoms with Crippen molar-refractivity contribution in [2.24, 2.45) is 0 Å². The van der Waals surface area contributed by atoms with Gasteiger partial charge in [0, 0.05) is 6.92 Å². The number of halogens is 2. The molecule has 0 radical (unpaired) electrons. The van der Waals surface area contributed by atoms with Crippen LogP contribution in [0.15, 0.2) is 18.2 Å². The molecule has 0 heterocycles. The van der Waals surface area contributed by atoms with E-state index in [9.17, 15) is 13.9 Å². The summed E-state index contributed by atoms with van der Waals surface area (Å²) in [5, 5.41) is 9.76. The van der Waals surface area contributed by atoms with Crippen LogP contribution in [0.3, 0.4) is 0 Å². The molecule has 0 aliphatic rings. The lowest BCUT2D eigenvalue weighted by Crippen LogP contribution is -2.18. The first kappa shape index (κ1) is 12.9. The predicted octanol–water partition coefficient (Wildman–Crippen LogP) is 3.03. The van der Waals surface area contributed by atoms with Gasteiger partial charge >= 0.3 is 0 Å². The summed E-state index contributed by atoms with van der Waals surface area (Å²) in [5.41, 5.74) is -0.925. The lowest BCUT2D eigenvalue weighted by Gasteiger charge is -2.22. The van der Waals surface area contributed by atoms with Gasteiger partial charge in [0.05, 0.1) is 18.3 Å². The van der Waals surface area contributed by atoms with E-state index >= 15 is 0 Å². The summed E-state index contributed by atoms with van der Waals surface area (Å²) in [7, 11) is 1.34. The zero-order valence-corrected chi connectivity index (χ0v) is 9.84. The van der Waals surface area contributed by atoms with Crippen LogP contribution in [0.5, 0.6) is 5.75 Å². The van der Waals surface area contributed by atoms with Gasteiger partial charge in [0.1, 0.15) is 5.75 Å². The molecule has 1 rings (SSSR count). The topological polar surface area (TPSA) is 29.5 Å². The van der Waals surface area contributed by atoms with Gasteiger partial charge in [-0.1, -0.05) is 6.07 Å². The number of hydrogen-bond acceptors (Lipinski definition) is 2. The Bertz CT molecular complexity index is 376. The largest absolute Gasteiger partial charge is 0.496 e. The molecule has 0 bridgehead atoms. The third-order valence-corrected chi connectivity index (χ3v) is 2.38. The van der Waals surface area contributed by atoms with Crippen LogP contribution in [0.2, 0.25) is 0 Å². The molecular formula is C12H16F2O2. The second-order valence-electron chi connectivity index (χ2n) is 4.36. The second kappa shape index (κ2) is 4.01. The van der Waals surface area contributed by atoms with E-state index in [1.54, 1.807) is 19.9 Å². The molecule has 0 aliphatic carbocycles. The highest BCUT2D eigenvalue weighted by atomic mass is 19.3. The Labute approximate surface area is 93.9 Å². The zero-order valence-electron chi connectivity index (χ0n) is 9.84. The maximum atomic E-state index is 13.3. The molecule has 4 heteroatoms. The van der Waals surface area contributed by atoms with Gasteiger partial charge in [-0.2, -0.15) is 0 Å². The average molecular weight is 230 g/mol. The molecule has 0 fully saturated rings. The fourth-order valence-electron chi connectivity index (χ4n) is 1.43. The molecule has 0 spiro atoms. The van der Waals surface area contributed by atoms with Crippen molar-refractivity contribution in [2.75, 3.05) is 7.11 Å². The van der Waals surface area contributed by atoms with Crippen LogP contribution in [-0.4, -0.2) is 12.2 Å². The number of methoxy groups -OCH3 is 1. The van der Waals surface area contributed by atoms with Crippen molar-refractivity contribution in [1.29, 1.82) is 0 Å². The van der Waals surface area contributed by atoms with Crippen molar-refractivity contribution in [1.82, 2.24) is 0 Å². The quantitative estimate of drug-likeness (QED) is 0.864. The Morgan fingerprint density at radius 3 is 2.12 bits per heavy atom. The SMILES string of the molecule is COc1ccc(C(C)(C)O)cc1C(C)(F)F. The minimum Gasteiger partial charge on any atom is -0.496 e. The molecule has 1 N–H and O–H groups in total. The first-order valence-electron chi connectivity index (χ1n) is 4.95. The van der Waals surface area contributed by atoms with Gasteiger partial charge < -0.3 is 9.84 Å². The summed E-state index contributed by atoms with van der Waals surface area (Å²) in [6.45, 7) is 3.90. The van der Waals surface area contributed by atoms with Crippen LogP contribution < -0.4 is 4.74 Å². The van der Waals surface area contributed by atoms with Crippen molar-refractivity contribution < 1.29 is 18.6 Å². The zero-order chi connectivity index (χ0) is 12.6. The predicted molar refractivity (Wildman–Crippen MR) is 57.8 cm³/mol. The molecule has 0 amide bonds. The van der Waals surface area contributed by atoms with Gasteiger partial charge in [0.2, 0.25) is 0 Å². The Hall–Kier alpha value is -1.16. The number of alkyl halides is 2. The maximum absolute atomic E-state index is 13.3. The Morgan fingerprint density at radius 1 is 1.19 bits per heavy atom. The summed E-state index contributed by atoms with van der Waals surface area (Å²) in [6, 6.07) is 4.30. The van der Waals surface area contributed by atoms with Gasteiger partial charge in [-0.3, -0.25) is 0 Å².